The average molecular weight is 409 g/mol. The molecule has 2 aliphatic rings. The van der Waals surface area contributed by atoms with Gasteiger partial charge in [-0.25, -0.2) is 0 Å². The Labute approximate surface area is 176 Å². The van der Waals surface area contributed by atoms with Crippen LogP contribution in [0.5, 0.6) is 0 Å². The van der Waals surface area contributed by atoms with E-state index in [4.69, 9.17) is 0 Å². The van der Waals surface area contributed by atoms with Gasteiger partial charge >= 0.3 is 0 Å². The minimum atomic E-state index is -0.00958. The van der Waals surface area contributed by atoms with Crippen LogP contribution in [0.25, 0.3) is 0 Å². The van der Waals surface area contributed by atoms with Gasteiger partial charge in [0.25, 0.3) is 0 Å². The predicted octanol–water partition coefficient (Wildman–Crippen LogP) is 3.50. The number of amides is 1. The number of hydrogen-bond acceptors (Lipinski definition) is 5. The Morgan fingerprint density at radius 2 is 1.93 bits per heavy atom. The Hall–Kier alpha value is -2.20. The van der Waals surface area contributed by atoms with E-state index >= 15 is 0 Å². The molecule has 1 saturated heterocycles. The fourth-order valence-electron chi connectivity index (χ4n) is 4.27. The number of thiophene rings is 1. The number of rotatable bonds is 5. The first-order valence-electron chi connectivity index (χ1n) is 10.5. The Morgan fingerprint density at radius 1 is 1.21 bits per heavy atom. The van der Waals surface area contributed by atoms with Crippen LogP contribution >= 0.6 is 11.3 Å². The standard InChI is InChI=1S/C23H28N4OS/c1-17-7-8-19-20(14-24)23(29-21(19)13-17)25-22(28)16-27-11-9-26(10-12-27)15-18-5-3-2-4-6-18/h2-6,17H,7-13,15-16H2,1H3,(H,25,28)/t17-/m0/s1. The van der Waals surface area contributed by atoms with Crippen molar-refractivity contribution in [2.45, 2.75) is 32.7 Å². The summed E-state index contributed by atoms with van der Waals surface area (Å²) in [4.78, 5) is 18.6. The number of piperazine rings is 1. The average Bonchev–Trinajstić information content (AvgIpc) is 3.06. The second-order valence-corrected chi connectivity index (χ2v) is 9.36. The largest absolute Gasteiger partial charge is 0.315 e. The second-order valence-electron chi connectivity index (χ2n) is 8.25. The summed E-state index contributed by atoms with van der Waals surface area (Å²) in [6, 6.07) is 12.9. The van der Waals surface area contributed by atoms with E-state index in [0.717, 1.165) is 57.0 Å². The van der Waals surface area contributed by atoms with Gasteiger partial charge in [0, 0.05) is 37.6 Å². The number of benzene rings is 1. The molecule has 1 N–H and O–H groups in total. The zero-order valence-corrected chi connectivity index (χ0v) is 17.8. The summed E-state index contributed by atoms with van der Waals surface area (Å²) < 4.78 is 0. The Morgan fingerprint density at radius 3 is 2.66 bits per heavy atom. The molecule has 1 aromatic heterocycles. The summed E-state index contributed by atoms with van der Waals surface area (Å²) in [5, 5.41) is 13.4. The quantitative estimate of drug-likeness (QED) is 0.823. The lowest BCUT2D eigenvalue weighted by atomic mass is 9.89. The van der Waals surface area contributed by atoms with Crippen molar-refractivity contribution in [3.05, 3.63) is 51.9 Å². The molecule has 152 valence electrons. The lowest BCUT2D eigenvalue weighted by Crippen LogP contribution is -2.48. The van der Waals surface area contributed by atoms with Gasteiger partial charge in [-0.1, -0.05) is 37.3 Å². The zero-order valence-electron chi connectivity index (χ0n) is 17.0. The minimum absolute atomic E-state index is 0.00958. The van der Waals surface area contributed by atoms with Crippen LogP contribution in [0.15, 0.2) is 30.3 Å². The van der Waals surface area contributed by atoms with Crippen LogP contribution in [0, 0.1) is 17.2 Å². The van der Waals surface area contributed by atoms with Crippen LogP contribution in [0.4, 0.5) is 5.00 Å². The maximum absolute atomic E-state index is 12.6. The molecule has 6 heteroatoms. The van der Waals surface area contributed by atoms with Crippen molar-refractivity contribution in [3.63, 3.8) is 0 Å². The third-order valence-electron chi connectivity index (χ3n) is 5.96. The summed E-state index contributed by atoms with van der Waals surface area (Å²) in [7, 11) is 0. The first kappa shape index (κ1) is 20.1. The van der Waals surface area contributed by atoms with Gasteiger partial charge < -0.3 is 5.32 Å². The third kappa shape index (κ3) is 4.87. The molecule has 1 amide bonds. The number of carbonyl (C=O) groups is 1. The first-order chi connectivity index (χ1) is 14.1. The molecule has 4 rings (SSSR count). The van der Waals surface area contributed by atoms with E-state index in [1.807, 2.05) is 6.07 Å². The summed E-state index contributed by atoms with van der Waals surface area (Å²) in [5.74, 6) is 0.646. The molecule has 1 fully saturated rings. The summed E-state index contributed by atoms with van der Waals surface area (Å²) in [6.07, 6.45) is 3.10. The molecule has 0 unspecified atom stereocenters. The SMILES string of the molecule is C[C@H]1CCc2c(sc(NC(=O)CN3CCN(Cc4ccccc4)CC3)c2C#N)C1. The molecular formula is C23H28N4OS. The van der Waals surface area contributed by atoms with Crippen LogP contribution < -0.4 is 5.32 Å². The number of nitrogens with zero attached hydrogens (tertiary/aromatic N) is 3. The van der Waals surface area contributed by atoms with Gasteiger partial charge in [0.2, 0.25) is 5.91 Å². The van der Waals surface area contributed by atoms with Gasteiger partial charge in [-0.15, -0.1) is 11.3 Å². The maximum atomic E-state index is 12.6. The number of anilines is 1. The highest BCUT2D eigenvalue weighted by Crippen LogP contribution is 2.39. The summed E-state index contributed by atoms with van der Waals surface area (Å²) in [5.41, 5.74) is 3.19. The Balaban J connectivity index is 1.29. The highest BCUT2D eigenvalue weighted by Gasteiger charge is 2.25. The molecule has 5 nitrogen and oxygen atoms in total. The molecule has 1 aliphatic heterocycles. The van der Waals surface area contributed by atoms with Crippen molar-refractivity contribution in [2.75, 3.05) is 38.0 Å². The molecule has 2 heterocycles. The Kier molecular flexibility index (Phi) is 6.29. The van der Waals surface area contributed by atoms with E-state index in [1.54, 1.807) is 11.3 Å². The topological polar surface area (TPSA) is 59.4 Å². The van der Waals surface area contributed by atoms with Gasteiger partial charge in [-0.2, -0.15) is 5.26 Å². The molecule has 1 aromatic carbocycles. The van der Waals surface area contributed by atoms with E-state index in [2.05, 4.69) is 52.4 Å². The number of hydrogen-bond donors (Lipinski definition) is 1. The lowest BCUT2D eigenvalue weighted by Gasteiger charge is -2.34. The highest BCUT2D eigenvalue weighted by atomic mass is 32.1. The maximum Gasteiger partial charge on any atom is 0.239 e. The van der Waals surface area contributed by atoms with E-state index in [1.165, 1.54) is 16.0 Å². The molecule has 2 aromatic rings. The molecule has 0 saturated carbocycles. The summed E-state index contributed by atoms with van der Waals surface area (Å²) in [6.45, 7) is 7.33. The van der Waals surface area contributed by atoms with Crippen molar-refractivity contribution in [3.8, 4) is 6.07 Å². The molecule has 0 radical (unpaired) electrons. The van der Waals surface area contributed by atoms with Crippen molar-refractivity contribution in [1.29, 1.82) is 5.26 Å². The monoisotopic (exact) mass is 408 g/mol. The summed E-state index contributed by atoms with van der Waals surface area (Å²) >= 11 is 1.60. The molecule has 29 heavy (non-hydrogen) atoms. The van der Waals surface area contributed by atoms with Crippen LogP contribution in [-0.2, 0) is 24.2 Å². The third-order valence-corrected chi connectivity index (χ3v) is 7.13. The number of nitriles is 1. The fraction of sp³-hybridized carbons (Fsp3) is 0.478. The smallest absolute Gasteiger partial charge is 0.239 e. The van der Waals surface area contributed by atoms with E-state index in [0.29, 0.717) is 18.0 Å². The van der Waals surface area contributed by atoms with Gasteiger partial charge in [-0.05, 0) is 36.3 Å². The van der Waals surface area contributed by atoms with Gasteiger partial charge in [0.05, 0.1) is 12.1 Å². The molecule has 1 atom stereocenters. The molecular weight excluding hydrogens is 380 g/mol. The van der Waals surface area contributed by atoms with Crippen molar-refractivity contribution in [1.82, 2.24) is 9.80 Å². The lowest BCUT2D eigenvalue weighted by molar-refractivity contribution is -0.117. The molecule has 0 spiro atoms. The first-order valence-corrected chi connectivity index (χ1v) is 11.3. The second kappa shape index (κ2) is 9.08. The van der Waals surface area contributed by atoms with Gasteiger partial charge in [0.15, 0.2) is 0 Å². The highest BCUT2D eigenvalue weighted by molar-refractivity contribution is 7.16. The number of nitrogens with one attached hydrogen (secondary N) is 1. The van der Waals surface area contributed by atoms with E-state index in [-0.39, 0.29) is 5.91 Å². The zero-order chi connectivity index (χ0) is 20.2. The number of carbonyl (C=O) groups excluding carboxylic acids is 1. The fourth-order valence-corrected chi connectivity index (χ4v) is 5.65. The van der Waals surface area contributed by atoms with Crippen LogP contribution in [0.3, 0.4) is 0 Å². The van der Waals surface area contributed by atoms with Crippen LogP contribution in [0.2, 0.25) is 0 Å². The van der Waals surface area contributed by atoms with Crippen molar-refractivity contribution < 1.29 is 4.79 Å². The van der Waals surface area contributed by atoms with Crippen molar-refractivity contribution >= 4 is 22.2 Å². The normalized spacial score (nSPS) is 20.1. The molecule has 0 bridgehead atoms. The number of fused-ring (bicyclic) bond motifs is 1. The van der Waals surface area contributed by atoms with Crippen LogP contribution in [0.1, 0.15) is 34.9 Å². The van der Waals surface area contributed by atoms with Gasteiger partial charge in [0.1, 0.15) is 11.1 Å². The molecule has 1 aliphatic carbocycles. The predicted molar refractivity (Wildman–Crippen MR) is 117 cm³/mol. The minimum Gasteiger partial charge on any atom is -0.315 e. The van der Waals surface area contributed by atoms with Gasteiger partial charge in [-0.3, -0.25) is 14.6 Å². The van der Waals surface area contributed by atoms with E-state index < -0.39 is 0 Å². The Bertz CT molecular complexity index is 894. The van der Waals surface area contributed by atoms with Crippen LogP contribution in [-0.4, -0.2) is 48.4 Å². The van der Waals surface area contributed by atoms with Crippen molar-refractivity contribution in [2.24, 2.45) is 5.92 Å². The van der Waals surface area contributed by atoms with E-state index in [9.17, 15) is 10.1 Å².